The lowest BCUT2D eigenvalue weighted by Crippen LogP contribution is -2.58. The number of likely N-dealkylation sites (N-methyl/N-ethyl adjacent to an activating group) is 1. The van der Waals surface area contributed by atoms with Gasteiger partial charge in [0.2, 0.25) is 20.0 Å². The van der Waals surface area contributed by atoms with E-state index in [4.69, 9.17) is 21.9 Å². The molecule has 0 saturated carbocycles. The predicted octanol–water partition coefficient (Wildman–Crippen LogP) is -0.771. The summed E-state index contributed by atoms with van der Waals surface area (Å²) in [7, 11) is -7.28. The second kappa shape index (κ2) is 7.78. The molecule has 0 radical (unpaired) electrons. The van der Waals surface area contributed by atoms with Gasteiger partial charge in [0.25, 0.3) is 0 Å². The van der Waals surface area contributed by atoms with Crippen LogP contribution in [-0.4, -0.2) is 53.4 Å². The van der Waals surface area contributed by atoms with E-state index >= 15 is 0 Å². The third-order valence-electron chi connectivity index (χ3n) is 3.56. The van der Waals surface area contributed by atoms with Crippen LogP contribution < -0.4 is 14.8 Å². The zero-order valence-electron chi connectivity index (χ0n) is 13.3. The highest BCUT2D eigenvalue weighted by Crippen LogP contribution is 2.37. The molecule has 2 atom stereocenters. The van der Waals surface area contributed by atoms with Crippen molar-refractivity contribution in [3.8, 4) is 0 Å². The number of nitrogens with one attached hydrogen (secondary N) is 1. The van der Waals surface area contributed by atoms with Crippen molar-refractivity contribution >= 4 is 37.3 Å². The summed E-state index contributed by atoms with van der Waals surface area (Å²) in [5.74, 6) is 0. The fourth-order valence-corrected chi connectivity index (χ4v) is 5.06. The van der Waals surface area contributed by atoms with Crippen LogP contribution in [0, 0.1) is 10.1 Å². The van der Waals surface area contributed by atoms with E-state index in [-0.39, 0.29) is 10.7 Å². The molecule has 1 aliphatic heterocycles. The summed E-state index contributed by atoms with van der Waals surface area (Å²) in [6, 6.07) is 1.82. The lowest BCUT2D eigenvalue weighted by molar-refractivity contribution is -0.315. The first kappa shape index (κ1) is 21.7. The van der Waals surface area contributed by atoms with Gasteiger partial charge in [-0.25, -0.2) is 22.0 Å². The molecule has 1 unspecified atom stereocenters. The number of hydrogen-bond acceptors (Lipinski definition) is 12. The lowest BCUT2D eigenvalue weighted by atomic mass is 10.2. The molecule has 14 nitrogen and oxygen atoms in total. The molecule has 1 aromatic rings. The van der Waals surface area contributed by atoms with Gasteiger partial charge in [0.1, 0.15) is 22.6 Å². The van der Waals surface area contributed by atoms with E-state index in [2.05, 4.69) is 19.7 Å². The summed E-state index contributed by atoms with van der Waals surface area (Å²) < 4.78 is 50.3. The second-order valence-electron chi connectivity index (χ2n) is 5.22. The fraction of sp³-hybridized carbons (Fsp3) is 0.400. The Morgan fingerprint density at radius 2 is 2.19 bits per heavy atom. The van der Waals surface area contributed by atoms with Crippen molar-refractivity contribution in [1.82, 2.24) is 10.1 Å². The average molecular weight is 447 g/mol. The number of rotatable bonds is 7. The summed E-state index contributed by atoms with van der Waals surface area (Å²) in [5.41, 5.74) is -0.0568. The van der Waals surface area contributed by atoms with Gasteiger partial charge in [0.15, 0.2) is 11.4 Å². The Labute approximate surface area is 157 Å². The SMILES string of the molecule is CN1c2cc(Cl)c(S(N)(=O)=O)cc2S(=O)(=O)NC1[C@@H](CON([O-])O)ON=O. The predicted molar refractivity (Wildman–Crippen MR) is 89.0 cm³/mol. The number of sulfonamides is 2. The van der Waals surface area contributed by atoms with E-state index in [9.17, 15) is 26.9 Å². The number of benzene rings is 1. The Morgan fingerprint density at radius 1 is 1.56 bits per heavy atom. The summed E-state index contributed by atoms with van der Waals surface area (Å²) in [6.45, 7) is -0.762. The summed E-state index contributed by atoms with van der Waals surface area (Å²) in [4.78, 5) is 19.3. The van der Waals surface area contributed by atoms with Crippen molar-refractivity contribution < 1.29 is 31.7 Å². The summed E-state index contributed by atoms with van der Waals surface area (Å²) in [6.07, 6.45) is -2.81. The Kier molecular flexibility index (Phi) is 6.24. The van der Waals surface area contributed by atoms with Gasteiger partial charge in [-0.1, -0.05) is 11.6 Å². The van der Waals surface area contributed by atoms with E-state index in [1.165, 1.54) is 11.9 Å². The van der Waals surface area contributed by atoms with Crippen molar-refractivity contribution in [3.05, 3.63) is 27.3 Å². The minimum absolute atomic E-state index is 0.0568. The highest BCUT2D eigenvalue weighted by atomic mass is 35.5. The molecule has 152 valence electrons. The van der Waals surface area contributed by atoms with Crippen molar-refractivity contribution in [2.24, 2.45) is 10.5 Å². The molecular weight excluding hydrogens is 434 g/mol. The zero-order valence-corrected chi connectivity index (χ0v) is 15.7. The number of fused-ring (bicyclic) bond motifs is 1. The van der Waals surface area contributed by atoms with E-state index in [1.54, 1.807) is 0 Å². The number of nitrogens with zero attached hydrogens (tertiary/aromatic N) is 3. The van der Waals surface area contributed by atoms with Crippen LogP contribution in [0.3, 0.4) is 0 Å². The van der Waals surface area contributed by atoms with E-state index < -0.39 is 54.1 Å². The van der Waals surface area contributed by atoms with Crippen LogP contribution in [0.25, 0.3) is 0 Å². The molecule has 0 fully saturated rings. The van der Waals surface area contributed by atoms with Gasteiger partial charge in [0.05, 0.1) is 10.7 Å². The van der Waals surface area contributed by atoms with Crippen molar-refractivity contribution in [2.75, 3.05) is 18.6 Å². The summed E-state index contributed by atoms with van der Waals surface area (Å²) >= 11 is 5.89. The van der Waals surface area contributed by atoms with E-state index in [0.29, 0.717) is 0 Å². The van der Waals surface area contributed by atoms with Crippen LogP contribution in [0.4, 0.5) is 5.69 Å². The Hall–Kier alpha value is -1.63. The molecule has 0 spiro atoms. The van der Waals surface area contributed by atoms with Gasteiger partial charge in [-0.2, -0.15) is 4.72 Å². The molecule has 27 heavy (non-hydrogen) atoms. The van der Waals surface area contributed by atoms with Gasteiger partial charge >= 0.3 is 0 Å². The van der Waals surface area contributed by atoms with Crippen LogP contribution in [0.5, 0.6) is 0 Å². The van der Waals surface area contributed by atoms with Crippen molar-refractivity contribution in [1.29, 1.82) is 0 Å². The fourth-order valence-electron chi connectivity index (χ4n) is 2.38. The molecule has 0 bridgehead atoms. The molecule has 0 aromatic heterocycles. The average Bonchev–Trinajstić information content (AvgIpc) is 2.53. The monoisotopic (exact) mass is 446 g/mol. The summed E-state index contributed by atoms with van der Waals surface area (Å²) in [5, 5.41) is 24.9. The first-order valence-corrected chi connectivity index (χ1v) is 10.2. The normalized spacial score (nSPS) is 20.2. The molecule has 1 aliphatic rings. The minimum Gasteiger partial charge on any atom is -0.738 e. The molecule has 0 aliphatic carbocycles. The third kappa shape index (κ3) is 4.62. The van der Waals surface area contributed by atoms with Crippen molar-refractivity contribution in [3.63, 3.8) is 0 Å². The van der Waals surface area contributed by atoms with E-state index in [1.807, 2.05) is 0 Å². The standard InChI is InChI=1S/C10H13ClN5O9S2/c1-15-6-2-5(11)8(26(12,20)21)3-9(6)27(22,23)13-10(15)7(25-14-17)4-24-16(18)19/h2-3,7,10,13,18H,4H2,1H3,(H2,12,20,21)/q-1/t7-,10?/m1/s1. The maximum atomic E-state index is 12.5. The van der Waals surface area contributed by atoms with Crippen LogP contribution >= 0.6 is 11.6 Å². The maximum Gasteiger partial charge on any atom is 0.244 e. The van der Waals surface area contributed by atoms with Gasteiger partial charge in [-0.15, -0.1) is 10.3 Å². The van der Waals surface area contributed by atoms with Gasteiger partial charge in [-0.05, 0) is 12.1 Å². The number of primary sulfonamides is 1. The quantitative estimate of drug-likeness (QED) is 0.350. The Bertz CT molecular complexity index is 939. The van der Waals surface area contributed by atoms with Crippen molar-refractivity contribution in [2.45, 2.75) is 22.1 Å². The smallest absolute Gasteiger partial charge is 0.244 e. The molecule has 0 saturated heterocycles. The second-order valence-corrected chi connectivity index (χ2v) is 8.84. The number of anilines is 1. The Morgan fingerprint density at radius 3 is 2.70 bits per heavy atom. The van der Waals surface area contributed by atoms with Crippen LogP contribution in [0.15, 0.2) is 27.3 Å². The third-order valence-corrected chi connectivity index (χ3v) is 6.40. The van der Waals surface area contributed by atoms with Crippen LogP contribution in [-0.2, 0) is 29.7 Å². The van der Waals surface area contributed by atoms with Gasteiger partial charge in [-0.3, -0.25) is 4.84 Å². The molecule has 2 rings (SSSR count). The molecule has 1 heterocycles. The van der Waals surface area contributed by atoms with Gasteiger partial charge < -0.3 is 20.2 Å². The number of nitrogens with two attached hydrogens (primary N) is 1. The molecular formula is C10H13ClN5O9S2-. The molecule has 1 aromatic carbocycles. The number of halogens is 1. The van der Waals surface area contributed by atoms with Gasteiger partial charge in [0, 0.05) is 7.05 Å². The number of hydrogen-bond donors (Lipinski definition) is 3. The highest BCUT2D eigenvalue weighted by molar-refractivity contribution is 7.90. The first-order valence-electron chi connectivity index (χ1n) is 6.77. The topological polar surface area (TPSA) is 204 Å². The zero-order chi connectivity index (χ0) is 20.6. The lowest BCUT2D eigenvalue weighted by Gasteiger charge is -2.39. The molecule has 4 N–H and O–H groups in total. The Balaban J connectivity index is 2.53. The molecule has 17 heteroatoms. The van der Waals surface area contributed by atoms with Crippen LogP contribution in [0.2, 0.25) is 5.02 Å². The van der Waals surface area contributed by atoms with E-state index in [0.717, 1.165) is 12.1 Å². The highest BCUT2D eigenvalue weighted by Gasteiger charge is 2.40. The maximum absolute atomic E-state index is 12.5. The largest absolute Gasteiger partial charge is 0.738 e. The minimum atomic E-state index is -4.33. The van der Waals surface area contributed by atoms with Crippen LogP contribution in [0.1, 0.15) is 0 Å². The first-order chi connectivity index (χ1) is 12.4. The molecule has 0 amide bonds.